The Labute approximate surface area is 131 Å². The number of nitro groups is 1. The first-order chi connectivity index (χ1) is 9.38. The first-order valence-corrected chi connectivity index (χ1v) is 6.52. The number of nitrogens with zero attached hydrogens (tertiary/aromatic N) is 3. The molecule has 0 bridgehead atoms. The molecule has 2 rings (SSSR count). The van der Waals surface area contributed by atoms with Crippen LogP contribution in [0.3, 0.4) is 0 Å². The van der Waals surface area contributed by atoms with E-state index >= 15 is 0 Å². The van der Waals surface area contributed by atoms with Crippen LogP contribution in [0.1, 0.15) is 0 Å². The minimum atomic E-state index is -0.611. The second-order valence-corrected chi connectivity index (χ2v) is 5.15. The van der Waals surface area contributed by atoms with Gasteiger partial charge in [-0.05, 0) is 15.9 Å². The minimum absolute atomic E-state index is 0.00245. The molecule has 10 heteroatoms. The Bertz CT molecular complexity index is 675. The lowest BCUT2D eigenvalue weighted by molar-refractivity contribution is -0.384. The van der Waals surface area contributed by atoms with Gasteiger partial charge in [-0.1, -0.05) is 23.2 Å². The van der Waals surface area contributed by atoms with E-state index in [1.807, 2.05) is 0 Å². The zero-order chi connectivity index (χ0) is 14.9. The van der Waals surface area contributed by atoms with Crippen LogP contribution in [0.5, 0.6) is 11.6 Å². The highest BCUT2D eigenvalue weighted by Gasteiger charge is 2.18. The Hall–Kier alpha value is -1.64. The van der Waals surface area contributed by atoms with Gasteiger partial charge < -0.3 is 10.5 Å². The molecule has 0 atom stereocenters. The van der Waals surface area contributed by atoms with E-state index in [2.05, 4.69) is 25.9 Å². The Balaban J connectivity index is 2.44. The highest BCUT2D eigenvalue weighted by atomic mass is 79.9. The van der Waals surface area contributed by atoms with E-state index in [4.69, 9.17) is 33.7 Å². The number of nitrogens with two attached hydrogens (primary N) is 1. The fourth-order valence-corrected chi connectivity index (χ4v) is 2.11. The summed E-state index contributed by atoms with van der Waals surface area (Å²) in [5, 5.41) is 10.6. The fraction of sp³-hybridized carbons (Fsp3) is 0. The van der Waals surface area contributed by atoms with Gasteiger partial charge in [0.25, 0.3) is 5.69 Å². The first kappa shape index (κ1) is 14.8. The summed E-state index contributed by atoms with van der Waals surface area (Å²) in [6.45, 7) is 0. The third kappa shape index (κ3) is 3.09. The predicted molar refractivity (Wildman–Crippen MR) is 77.3 cm³/mol. The zero-order valence-electron chi connectivity index (χ0n) is 9.51. The van der Waals surface area contributed by atoms with Gasteiger partial charge in [-0.3, -0.25) is 10.1 Å². The molecule has 2 N–H and O–H groups in total. The van der Waals surface area contributed by atoms with Gasteiger partial charge in [-0.25, -0.2) is 4.98 Å². The molecule has 7 nitrogen and oxygen atoms in total. The van der Waals surface area contributed by atoms with Crippen molar-refractivity contribution in [1.82, 2.24) is 9.97 Å². The zero-order valence-corrected chi connectivity index (χ0v) is 12.6. The summed E-state index contributed by atoms with van der Waals surface area (Å²) < 4.78 is 5.85. The van der Waals surface area contributed by atoms with Crippen molar-refractivity contribution in [3.63, 3.8) is 0 Å². The largest absolute Gasteiger partial charge is 0.435 e. The molecular weight excluding hydrogens is 375 g/mol. The molecule has 1 heterocycles. The number of halogens is 3. The molecule has 2 aromatic rings. The summed E-state index contributed by atoms with van der Waals surface area (Å²) >= 11 is 15.0. The van der Waals surface area contributed by atoms with E-state index in [9.17, 15) is 10.1 Å². The number of hydrogen-bond donors (Lipinski definition) is 1. The molecule has 0 saturated carbocycles. The Morgan fingerprint density at radius 1 is 1.35 bits per heavy atom. The summed E-state index contributed by atoms with van der Waals surface area (Å²) in [5.41, 5.74) is 5.20. The Kier molecular flexibility index (Phi) is 4.26. The number of aromatic nitrogens is 2. The van der Waals surface area contributed by atoms with Gasteiger partial charge >= 0.3 is 0 Å². The SMILES string of the molecule is Nc1ncc(Br)c(Oc2c(Cl)cc([N+](=O)[O-])cc2Cl)n1. The molecule has 0 saturated heterocycles. The first-order valence-electron chi connectivity index (χ1n) is 4.98. The highest BCUT2D eigenvalue weighted by molar-refractivity contribution is 9.10. The smallest absolute Gasteiger partial charge is 0.272 e. The quantitative estimate of drug-likeness (QED) is 0.641. The van der Waals surface area contributed by atoms with Gasteiger partial charge in [-0.15, -0.1) is 0 Å². The van der Waals surface area contributed by atoms with Crippen LogP contribution in [-0.4, -0.2) is 14.9 Å². The van der Waals surface area contributed by atoms with Crippen LogP contribution in [0, 0.1) is 10.1 Å². The fourth-order valence-electron chi connectivity index (χ4n) is 1.28. The third-order valence-electron chi connectivity index (χ3n) is 2.12. The number of benzene rings is 1. The lowest BCUT2D eigenvalue weighted by Gasteiger charge is -2.09. The number of non-ortho nitro benzene ring substituents is 1. The minimum Gasteiger partial charge on any atom is -0.435 e. The Morgan fingerprint density at radius 2 is 1.95 bits per heavy atom. The van der Waals surface area contributed by atoms with Gasteiger partial charge in [-0.2, -0.15) is 4.98 Å². The number of hydrogen-bond acceptors (Lipinski definition) is 6. The van der Waals surface area contributed by atoms with Crippen molar-refractivity contribution < 1.29 is 9.66 Å². The molecule has 0 spiro atoms. The van der Waals surface area contributed by atoms with Crippen LogP contribution >= 0.6 is 39.1 Å². The molecule has 0 aliphatic heterocycles. The highest BCUT2D eigenvalue weighted by Crippen LogP contribution is 2.40. The molecule has 1 aromatic heterocycles. The second-order valence-electron chi connectivity index (χ2n) is 3.48. The summed E-state index contributed by atoms with van der Waals surface area (Å²) in [5.74, 6) is 0.130. The van der Waals surface area contributed by atoms with Crippen LogP contribution in [0.15, 0.2) is 22.8 Å². The predicted octanol–water partition coefficient (Wildman–Crippen LogP) is 3.83. The summed E-state index contributed by atoms with van der Waals surface area (Å²) in [6.07, 6.45) is 1.39. The third-order valence-corrected chi connectivity index (χ3v) is 3.23. The summed E-state index contributed by atoms with van der Waals surface area (Å²) in [7, 11) is 0. The van der Waals surface area contributed by atoms with Crippen molar-refractivity contribution in [2.24, 2.45) is 0 Å². The molecule has 0 aliphatic rings. The average Bonchev–Trinajstić information content (AvgIpc) is 2.37. The summed E-state index contributed by atoms with van der Waals surface area (Å²) in [4.78, 5) is 17.7. The normalized spacial score (nSPS) is 10.3. The molecule has 1 aromatic carbocycles. The maximum absolute atomic E-state index is 10.7. The maximum Gasteiger partial charge on any atom is 0.272 e. The maximum atomic E-state index is 10.7. The lowest BCUT2D eigenvalue weighted by atomic mass is 10.3. The van der Waals surface area contributed by atoms with Crippen LogP contribution in [0.2, 0.25) is 10.0 Å². The van der Waals surface area contributed by atoms with E-state index in [0.29, 0.717) is 4.47 Å². The average molecular weight is 380 g/mol. The van der Waals surface area contributed by atoms with Gasteiger partial charge in [0.05, 0.1) is 25.6 Å². The van der Waals surface area contributed by atoms with Crippen molar-refractivity contribution in [2.75, 3.05) is 5.73 Å². The van der Waals surface area contributed by atoms with Gasteiger partial charge in [0.2, 0.25) is 11.8 Å². The van der Waals surface area contributed by atoms with Crippen LogP contribution in [-0.2, 0) is 0 Å². The van der Waals surface area contributed by atoms with E-state index in [1.54, 1.807) is 0 Å². The van der Waals surface area contributed by atoms with Gasteiger partial charge in [0, 0.05) is 12.1 Å². The van der Waals surface area contributed by atoms with Crippen molar-refractivity contribution in [1.29, 1.82) is 0 Å². The second kappa shape index (κ2) is 5.78. The number of nitrogen functional groups attached to an aromatic ring is 1. The topological polar surface area (TPSA) is 104 Å². The molecule has 20 heavy (non-hydrogen) atoms. The van der Waals surface area contributed by atoms with Gasteiger partial charge in [0.1, 0.15) is 0 Å². The molecule has 0 unspecified atom stereocenters. The molecule has 0 radical (unpaired) electrons. The monoisotopic (exact) mass is 378 g/mol. The number of anilines is 1. The van der Waals surface area contributed by atoms with E-state index in [0.717, 1.165) is 12.1 Å². The van der Waals surface area contributed by atoms with Crippen molar-refractivity contribution in [3.8, 4) is 11.6 Å². The molecule has 104 valence electrons. The molecule has 0 fully saturated rings. The van der Waals surface area contributed by atoms with Crippen LogP contribution in [0.4, 0.5) is 11.6 Å². The van der Waals surface area contributed by atoms with E-state index in [1.165, 1.54) is 6.20 Å². The van der Waals surface area contributed by atoms with Crippen molar-refractivity contribution in [3.05, 3.63) is 43.0 Å². The molecule has 0 amide bonds. The molecular formula is C10H5BrCl2N4O3. The number of ether oxygens (including phenoxy) is 1. The van der Waals surface area contributed by atoms with Crippen molar-refractivity contribution in [2.45, 2.75) is 0 Å². The van der Waals surface area contributed by atoms with E-state index in [-0.39, 0.29) is 33.3 Å². The number of nitro benzene ring substituents is 1. The number of rotatable bonds is 3. The van der Waals surface area contributed by atoms with Crippen LogP contribution < -0.4 is 10.5 Å². The Morgan fingerprint density at radius 3 is 2.50 bits per heavy atom. The van der Waals surface area contributed by atoms with Crippen LogP contribution in [0.25, 0.3) is 0 Å². The summed E-state index contributed by atoms with van der Waals surface area (Å²) in [6, 6.07) is 2.25. The van der Waals surface area contributed by atoms with Gasteiger partial charge in [0.15, 0.2) is 5.75 Å². The molecule has 0 aliphatic carbocycles. The van der Waals surface area contributed by atoms with Crippen molar-refractivity contribution >= 4 is 50.8 Å². The lowest BCUT2D eigenvalue weighted by Crippen LogP contribution is -1.98. The van der Waals surface area contributed by atoms with E-state index < -0.39 is 4.92 Å². The standard InChI is InChI=1S/C10H5BrCl2N4O3/c11-5-3-15-10(14)16-9(5)20-8-6(12)1-4(17(18)19)2-7(8)13/h1-3H,(H2,14,15,16).